The van der Waals surface area contributed by atoms with Gasteiger partial charge in [-0.05, 0) is 38.1 Å². The van der Waals surface area contributed by atoms with Crippen LogP contribution in [-0.4, -0.2) is 48.3 Å². The maximum atomic E-state index is 12.6. The fourth-order valence-electron chi connectivity index (χ4n) is 2.76. The minimum atomic E-state index is -1.20. The summed E-state index contributed by atoms with van der Waals surface area (Å²) < 4.78 is 5.55. The van der Waals surface area contributed by atoms with Crippen LogP contribution in [0.15, 0.2) is 36.4 Å². The predicted molar refractivity (Wildman–Crippen MR) is 116 cm³/mol. The Bertz CT molecular complexity index is 877. The first-order chi connectivity index (χ1) is 14.3. The highest BCUT2D eigenvalue weighted by atomic mass is 35.5. The second kappa shape index (κ2) is 11.6. The summed E-state index contributed by atoms with van der Waals surface area (Å²) in [6, 6.07) is 8.90. The highest BCUT2D eigenvalue weighted by molar-refractivity contribution is 6.39. The van der Waals surface area contributed by atoms with Gasteiger partial charge >= 0.3 is 5.97 Å². The maximum Gasteiger partial charge on any atom is 0.326 e. The van der Waals surface area contributed by atoms with Gasteiger partial charge in [-0.25, -0.2) is 4.79 Å². The average molecular weight is 455 g/mol. The van der Waals surface area contributed by atoms with Crippen LogP contribution in [-0.2, 0) is 11.2 Å². The van der Waals surface area contributed by atoms with E-state index in [1.165, 1.54) is 6.07 Å². The van der Waals surface area contributed by atoms with Crippen LogP contribution in [0.4, 0.5) is 0 Å². The number of phenols is 1. The molecule has 30 heavy (non-hydrogen) atoms. The molecule has 2 aromatic carbocycles. The third-order valence-electron chi connectivity index (χ3n) is 4.35. The van der Waals surface area contributed by atoms with Gasteiger partial charge in [-0.3, -0.25) is 4.79 Å². The van der Waals surface area contributed by atoms with Crippen LogP contribution in [0.5, 0.6) is 11.5 Å². The number of carbonyl (C=O) groups is 2. The van der Waals surface area contributed by atoms with Gasteiger partial charge in [-0.1, -0.05) is 53.5 Å². The molecule has 0 bridgehead atoms. The maximum absolute atomic E-state index is 12.6. The number of hydrogen-bond acceptors (Lipinski definition) is 5. The van der Waals surface area contributed by atoms with Crippen LogP contribution in [0.25, 0.3) is 0 Å². The van der Waals surface area contributed by atoms with E-state index in [2.05, 4.69) is 10.6 Å². The molecule has 0 aliphatic carbocycles. The van der Waals surface area contributed by atoms with Gasteiger partial charge < -0.3 is 25.6 Å². The molecule has 9 heteroatoms. The third-order valence-corrected chi connectivity index (χ3v) is 4.98. The van der Waals surface area contributed by atoms with E-state index in [1.54, 1.807) is 24.3 Å². The quantitative estimate of drug-likeness (QED) is 0.387. The van der Waals surface area contributed by atoms with Crippen molar-refractivity contribution in [2.24, 2.45) is 0 Å². The van der Waals surface area contributed by atoms with Gasteiger partial charge in [0.2, 0.25) is 0 Å². The molecule has 0 saturated heterocycles. The number of halogens is 2. The Morgan fingerprint density at radius 3 is 2.50 bits per heavy atom. The summed E-state index contributed by atoms with van der Waals surface area (Å²) in [6.45, 7) is 1.17. The van der Waals surface area contributed by atoms with Crippen molar-refractivity contribution in [3.63, 3.8) is 0 Å². The monoisotopic (exact) mass is 454 g/mol. The number of carboxylic acids is 1. The zero-order chi connectivity index (χ0) is 22.1. The molecule has 1 amide bonds. The van der Waals surface area contributed by atoms with Gasteiger partial charge in [0.25, 0.3) is 5.91 Å². The molecule has 2 rings (SSSR count). The number of unbranched alkanes of at least 4 members (excludes halogenated alkanes) is 1. The van der Waals surface area contributed by atoms with Crippen LogP contribution in [0, 0.1) is 0 Å². The molecular formula is C21H24Cl2N2O5. The second-order valence-corrected chi connectivity index (χ2v) is 7.40. The van der Waals surface area contributed by atoms with Crippen LogP contribution in [0.1, 0.15) is 28.8 Å². The van der Waals surface area contributed by atoms with E-state index in [0.29, 0.717) is 6.61 Å². The van der Waals surface area contributed by atoms with Crippen molar-refractivity contribution >= 4 is 35.1 Å². The molecule has 1 atom stereocenters. The molecule has 0 fully saturated rings. The third kappa shape index (κ3) is 6.52. The molecule has 7 nitrogen and oxygen atoms in total. The van der Waals surface area contributed by atoms with Crippen molar-refractivity contribution in [3.05, 3.63) is 57.6 Å². The van der Waals surface area contributed by atoms with Gasteiger partial charge in [0, 0.05) is 6.42 Å². The highest BCUT2D eigenvalue weighted by Crippen LogP contribution is 2.42. The van der Waals surface area contributed by atoms with Crippen molar-refractivity contribution < 1.29 is 24.5 Å². The fraction of sp³-hybridized carbons (Fsp3) is 0.333. The number of rotatable bonds is 11. The number of benzene rings is 2. The Morgan fingerprint density at radius 1 is 1.17 bits per heavy atom. The molecule has 2 aromatic rings. The zero-order valence-corrected chi connectivity index (χ0v) is 18.0. The zero-order valence-electron chi connectivity index (χ0n) is 16.5. The Kier molecular flexibility index (Phi) is 9.23. The van der Waals surface area contributed by atoms with E-state index >= 15 is 0 Å². The summed E-state index contributed by atoms with van der Waals surface area (Å²) >= 11 is 12.3. The van der Waals surface area contributed by atoms with E-state index < -0.39 is 23.7 Å². The van der Waals surface area contributed by atoms with Gasteiger partial charge in [0.1, 0.15) is 11.1 Å². The second-order valence-electron chi connectivity index (χ2n) is 6.61. The van der Waals surface area contributed by atoms with Crippen molar-refractivity contribution in [2.45, 2.75) is 25.3 Å². The number of aliphatic carboxylic acids is 1. The standard InChI is InChI=1S/C21H24Cl2N2O5/c1-24-9-5-6-10-30-19-15(22)12-14(18(26)17(19)23)20(27)25-16(21(28)29)11-13-7-3-2-4-8-13/h2-4,7-8,12,16,24,26H,5-6,9-11H2,1H3,(H,25,27)(H,28,29)/t16-/m0/s1. The van der Waals surface area contributed by atoms with Crippen molar-refractivity contribution in [1.29, 1.82) is 0 Å². The lowest BCUT2D eigenvalue weighted by molar-refractivity contribution is -0.139. The summed E-state index contributed by atoms with van der Waals surface area (Å²) in [7, 11) is 1.85. The van der Waals surface area contributed by atoms with Crippen LogP contribution in [0.3, 0.4) is 0 Å². The van der Waals surface area contributed by atoms with Crippen LogP contribution in [0.2, 0.25) is 10.0 Å². The predicted octanol–water partition coefficient (Wildman–Crippen LogP) is 3.50. The molecule has 0 aromatic heterocycles. The van der Waals surface area contributed by atoms with Gasteiger partial charge in [-0.2, -0.15) is 0 Å². The van der Waals surface area contributed by atoms with Crippen LogP contribution >= 0.6 is 23.2 Å². The molecule has 4 N–H and O–H groups in total. The topological polar surface area (TPSA) is 108 Å². The minimum absolute atomic E-state index is 0.0477. The first-order valence-corrected chi connectivity index (χ1v) is 10.2. The summed E-state index contributed by atoms with van der Waals surface area (Å²) in [6.07, 6.45) is 1.71. The molecule has 162 valence electrons. The van der Waals surface area contributed by atoms with Crippen molar-refractivity contribution in [1.82, 2.24) is 10.6 Å². The number of amides is 1. The lowest BCUT2D eigenvalue weighted by Crippen LogP contribution is -2.42. The molecule has 0 saturated carbocycles. The average Bonchev–Trinajstić information content (AvgIpc) is 2.72. The summed E-state index contributed by atoms with van der Waals surface area (Å²) in [5.41, 5.74) is 0.513. The number of hydrogen-bond donors (Lipinski definition) is 4. The first kappa shape index (κ1) is 23.8. The molecule has 0 aliphatic rings. The molecule has 0 aliphatic heterocycles. The number of aromatic hydroxyl groups is 1. The van der Waals surface area contributed by atoms with E-state index in [9.17, 15) is 19.8 Å². The number of nitrogens with one attached hydrogen (secondary N) is 2. The molecule has 0 unspecified atom stereocenters. The van der Waals surface area contributed by atoms with E-state index in [1.807, 2.05) is 13.1 Å². The first-order valence-electron chi connectivity index (χ1n) is 9.41. The fourth-order valence-corrected chi connectivity index (χ4v) is 3.33. The lowest BCUT2D eigenvalue weighted by atomic mass is 10.1. The highest BCUT2D eigenvalue weighted by Gasteiger charge is 2.26. The minimum Gasteiger partial charge on any atom is -0.505 e. The Labute approximate surface area is 185 Å². The molecule has 0 heterocycles. The van der Waals surface area contributed by atoms with Crippen molar-refractivity contribution in [3.8, 4) is 11.5 Å². The lowest BCUT2D eigenvalue weighted by Gasteiger charge is -2.17. The SMILES string of the molecule is CNCCCCOc1c(Cl)cc(C(=O)N[C@@H](Cc2ccccc2)C(=O)O)c(O)c1Cl. The largest absolute Gasteiger partial charge is 0.505 e. The van der Waals surface area contributed by atoms with E-state index in [0.717, 1.165) is 24.9 Å². The van der Waals surface area contributed by atoms with E-state index in [-0.39, 0.29) is 27.8 Å². The molecule has 0 radical (unpaired) electrons. The Balaban J connectivity index is 2.13. The summed E-state index contributed by atoms with van der Waals surface area (Å²) in [5.74, 6) is -2.45. The van der Waals surface area contributed by atoms with Gasteiger partial charge in [-0.15, -0.1) is 0 Å². The van der Waals surface area contributed by atoms with Crippen molar-refractivity contribution in [2.75, 3.05) is 20.2 Å². The molecule has 0 spiro atoms. The smallest absolute Gasteiger partial charge is 0.326 e. The van der Waals surface area contributed by atoms with Crippen LogP contribution < -0.4 is 15.4 Å². The number of carbonyl (C=O) groups excluding carboxylic acids is 1. The number of phenolic OH excluding ortho intramolecular Hbond substituents is 1. The van der Waals surface area contributed by atoms with Gasteiger partial charge in [0.05, 0.1) is 17.2 Å². The number of ether oxygens (including phenoxy) is 1. The summed E-state index contributed by atoms with van der Waals surface area (Å²) in [5, 5.41) is 25.1. The Hall–Kier alpha value is -2.48. The van der Waals surface area contributed by atoms with Gasteiger partial charge in [0.15, 0.2) is 11.5 Å². The summed E-state index contributed by atoms with van der Waals surface area (Å²) in [4.78, 5) is 24.2. The normalized spacial score (nSPS) is 11.7. The Morgan fingerprint density at radius 2 is 1.87 bits per heavy atom. The number of carboxylic acid groups (broad SMARTS) is 1. The molecular weight excluding hydrogens is 431 g/mol. The van der Waals surface area contributed by atoms with E-state index in [4.69, 9.17) is 27.9 Å².